The Morgan fingerprint density at radius 3 is 2.31 bits per heavy atom. The average molecular weight is 382 g/mol. The Hall–Kier alpha value is -3.31. The number of piperazine rings is 1. The molecule has 0 saturated carbocycles. The summed E-state index contributed by atoms with van der Waals surface area (Å²) in [6, 6.07) is 23.0. The smallest absolute Gasteiger partial charge is 0.162 e. The van der Waals surface area contributed by atoms with Gasteiger partial charge in [-0.1, -0.05) is 42.5 Å². The lowest BCUT2D eigenvalue weighted by molar-refractivity contribution is -0.914. The standard InChI is InChI=1S/C24H23N5/c1-2-6-19(7-3-1)18-28-14-16-29(17-15-28)24-21-8-4-5-9-22(21)26-23(27-24)20-10-12-25-13-11-20/h1-13H,14-18H2/p+1. The van der Waals surface area contributed by atoms with Crippen LogP contribution in [0.5, 0.6) is 0 Å². The highest BCUT2D eigenvalue weighted by Crippen LogP contribution is 2.27. The van der Waals surface area contributed by atoms with Gasteiger partial charge in [0.15, 0.2) is 5.82 Å². The number of hydrogen-bond acceptors (Lipinski definition) is 4. The van der Waals surface area contributed by atoms with Gasteiger partial charge in [0.25, 0.3) is 0 Å². The second-order valence-electron chi connectivity index (χ2n) is 7.52. The van der Waals surface area contributed by atoms with Gasteiger partial charge in [0, 0.05) is 28.9 Å². The number of anilines is 1. The Kier molecular flexibility index (Phi) is 4.88. The van der Waals surface area contributed by atoms with Crippen LogP contribution in [0.15, 0.2) is 79.1 Å². The highest BCUT2D eigenvalue weighted by Gasteiger charge is 2.23. The second kappa shape index (κ2) is 7.97. The predicted molar refractivity (Wildman–Crippen MR) is 116 cm³/mol. The summed E-state index contributed by atoms with van der Waals surface area (Å²) in [6.07, 6.45) is 3.58. The summed E-state index contributed by atoms with van der Waals surface area (Å²) in [4.78, 5) is 17.9. The number of nitrogens with one attached hydrogen (secondary N) is 1. The third kappa shape index (κ3) is 3.82. The summed E-state index contributed by atoms with van der Waals surface area (Å²) < 4.78 is 0. The third-order valence-corrected chi connectivity index (χ3v) is 5.59. The van der Waals surface area contributed by atoms with E-state index in [4.69, 9.17) is 9.97 Å². The minimum Gasteiger partial charge on any atom is -0.345 e. The number of fused-ring (bicyclic) bond motifs is 1. The lowest BCUT2D eigenvalue weighted by Crippen LogP contribution is -3.13. The summed E-state index contributed by atoms with van der Waals surface area (Å²) in [5.41, 5.74) is 3.40. The monoisotopic (exact) mass is 382 g/mol. The van der Waals surface area contributed by atoms with E-state index in [0.717, 1.165) is 60.8 Å². The molecule has 5 rings (SSSR count). The van der Waals surface area contributed by atoms with Gasteiger partial charge >= 0.3 is 0 Å². The van der Waals surface area contributed by atoms with Crippen LogP contribution in [0.3, 0.4) is 0 Å². The maximum absolute atomic E-state index is 4.98. The van der Waals surface area contributed by atoms with E-state index in [9.17, 15) is 0 Å². The normalized spacial score (nSPS) is 15.0. The van der Waals surface area contributed by atoms with E-state index in [1.54, 1.807) is 17.3 Å². The van der Waals surface area contributed by atoms with Gasteiger partial charge < -0.3 is 9.80 Å². The second-order valence-corrected chi connectivity index (χ2v) is 7.52. The summed E-state index contributed by atoms with van der Waals surface area (Å²) in [5.74, 6) is 1.81. The average Bonchev–Trinajstić information content (AvgIpc) is 2.80. The Balaban J connectivity index is 1.41. The van der Waals surface area contributed by atoms with Crippen LogP contribution in [0, 0.1) is 0 Å². The van der Waals surface area contributed by atoms with Crippen LogP contribution in [0.25, 0.3) is 22.3 Å². The SMILES string of the molecule is c1ccc(C[NH+]2CCN(c3nc(-c4ccncc4)nc4ccccc34)CC2)cc1. The predicted octanol–water partition coefficient (Wildman–Crippen LogP) is 2.60. The molecule has 29 heavy (non-hydrogen) atoms. The zero-order valence-corrected chi connectivity index (χ0v) is 16.3. The van der Waals surface area contributed by atoms with Crippen molar-refractivity contribution in [3.63, 3.8) is 0 Å². The zero-order valence-electron chi connectivity index (χ0n) is 16.3. The van der Waals surface area contributed by atoms with Crippen LogP contribution < -0.4 is 9.80 Å². The van der Waals surface area contributed by atoms with Crippen molar-refractivity contribution in [2.75, 3.05) is 31.1 Å². The Morgan fingerprint density at radius 2 is 1.52 bits per heavy atom. The molecule has 0 unspecified atom stereocenters. The summed E-state index contributed by atoms with van der Waals surface area (Å²) >= 11 is 0. The van der Waals surface area contributed by atoms with Crippen LogP contribution in [0.2, 0.25) is 0 Å². The van der Waals surface area contributed by atoms with Gasteiger partial charge in [0.1, 0.15) is 12.4 Å². The molecule has 2 aromatic carbocycles. The zero-order chi connectivity index (χ0) is 19.5. The minimum atomic E-state index is 0.764. The number of quaternary nitrogens is 1. The van der Waals surface area contributed by atoms with Gasteiger partial charge in [-0.2, -0.15) is 0 Å². The van der Waals surface area contributed by atoms with Crippen molar-refractivity contribution in [1.82, 2.24) is 15.0 Å². The largest absolute Gasteiger partial charge is 0.345 e. The molecule has 0 radical (unpaired) electrons. The number of aromatic nitrogens is 3. The molecule has 0 atom stereocenters. The summed E-state index contributed by atoms with van der Waals surface area (Å²) in [7, 11) is 0. The first-order chi connectivity index (χ1) is 14.4. The van der Waals surface area contributed by atoms with Crippen molar-refractivity contribution in [2.24, 2.45) is 0 Å². The van der Waals surface area contributed by atoms with Crippen molar-refractivity contribution >= 4 is 16.7 Å². The molecule has 0 bridgehead atoms. The summed E-state index contributed by atoms with van der Waals surface area (Å²) in [6.45, 7) is 5.30. The fourth-order valence-electron chi connectivity index (χ4n) is 4.03. The molecule has 144 valence electrons. The van der Waals surface area contributed by atoms with Crippen LogP contribution in [-0.4, -0.2) is 41.1 Å². The van der Waals surface area contributed by atoms with Gasteiger partial charge in [-0.25, -0.2) is 9.97 Å². The molecule has 2 aromatic heterocycles. The molecule has 1 fully saturated rings. The Bertz CT molecular complexity index is 1090. The van der Waals surface area contributed by atoms with E-state index >= 15 is 0 Å². The molecule has 5 heteroatoms. The van der Waals surface area contributed by atoms with E-state index in [1.165, 1.54) is 5.56 Å². The Morgan fingerprint density at radius 1 is 0.793 bits per heavy atom. The van der Waals surface area contributed by atoms with Crippen LogP contribution in [-0.2, 0) is 6.54 Å². The molecule has 5 nitrogen and oxygen atoms in total. The Labute approximate surface area is 170 Å². The minimum absolute atomic E-state index is 0.764. The first-order valence-electron chi connectivity index (χ1n) is 10.2. The van der Waals surface area contributed by atoms with Crippen molar-refractivity contribution in [1.29, 1.82) is 0 Å². The van der Waals surface area contributed by atoms with Crippen LogP contribution >= 0.6 is 0 Å². The number of pyridine rings is 1. The van der Waals surface area contributed by atoms with E-state index < -0.39 is 0 Å². The molecule has 0 amide bonds. The topological polar surface area (TPSA) is 46.4 Å². The van der Waals surface area contributed by atoms with E-state index in [0.29, 0.717) is 0 Å². The van der Waals surface area contributed by atoms with Gasteiger partial charge in [0.2, 0.25) is 0 Å². The maximum atomic E-state index is 4.98. The molecule has 1 aliphatic rings. The number of benzene rings is 2. The van der Waals surface area contributed by atoms with Crippen molar-refractivity contribution in [3.05, 3.63) is 84.7 Å². The molecular formula is C24H24N5+. The van der Waals surface area contributed by atoms with E-state index in [-0.39, 0.29) is 0 Å². The molecular weight excluding hydrogens is 358 g/mol. The number of hydrogen-bond donors (Lipinski definition) is 1. The number of nitrogens with zero attached hydrogens (tertiary/aromatic N) is 4. The van der Waals surface area contributed by atoms with E-state index in [2.05, 4.69) is 58.4 Å². The highest BCUT2D eigenvalue weighted by atomic mass is 15.3. The van der Waals surface area contributed by atoms with Gasteiger partial charge in [-0.05, 0) is 24.3 Å². The molecule has 1 N–H and O–H groups in total. The first-order valence-corrected chi connectivity index (χ1v) is 10.2. The third-order valence-electron chi connectivity index (χ3n) is 5.59. The maximum Gasteiger partial charge on any atom is 0.162 e. The highest BCUT2D eigenvalue weighted by molar-refractivity contribution is 5.91. The number of rotatable bonds is 4. The van der Waals surface area contributed by atoms with Crippen LogP contribution in [0.4, 0.5) is 5.82 Å². The summed E-state index contributed by atoms with van der Waals surface area (Å²) in [5, 5.41) is 1.12. The fourth-order valence-corrected chi connectivity index (χ4v) is 4.03. The van der Waals surface area contributed by atoms with Gasteiger partial charge in [-0.15, -0.1) is 0 Å². The number of para-hydroxylation sites is 1. The quantitative estimate of drug-likeness (QED) is 0.589. The lowest BCUT2D eigenvalue weighted by atomic mass is 10.1. The molecule has 0 spiro atoms. The van der Waals surface area contributed by atoms with Crippen molar-refractivity contribution < 1.29 is 4.90 Å². The molecule has 1 saturated heterocycles. The molecule has 3 heterocycles. The van der Waals surface area contributed by atoms with Crippen molar-refractivity contribution in [2.45, 2.75) is 6.54 Å². The van der Waals surface area contributed by atoms with Gasteiger partial charge in [0.05, 0.1) is 31.7 Å². The fraction of sp³-hybridized carbons (Fsp3) is 0.208. The van der Waals surface area contributed by atoms with Gasteiger partial charge in [-0.3, -0.25) is 4.98 Å². The molecule has 0 aliphatic carbocycles. The van der Waals surface area contributed by atoms with Crippen LogP contribution in [0.1, 0.15) is 5.56 Å². The van der Waals surface area contributed by atoms with Crippen molar-refractivity contribution in [3.8, 4) is 11.4 Å². The molecule has 4 aromatic rings. The first kappa shape index (κ1) is 17.8. The lowest BCUT2D eigenvalue weighted by Gasteiger charge is -2.33. The van der Waals surface area contributed by atoms with E-state index in [1.807, 2.05) is 18.2 Å². The molecule has 1 aliphatic heterocycles.